The summed E-state index contributed by atoms with van der Waals surface area (Å²) >= 11 is 1.75. The summed E-state index contributed by atoms with van der Waals surface area (Å²) in [6, 6.07) is 2.17. The summed E-state index contributed by atoms with van der Waals surface area (Å²) in [6.45, 7) is 6.20. The lowest BCUT2D eigenvalue weighted by molar-refractivity contribution is -0.122. The number of carbonyl (C=O) groups is 1. The monoisotopic (exact) mass is 241 g/mol. The van der Waals surface area contributed by atoms with Gasteiger partial charge in [0.1, 0.15) is 0 Å². The molecule has 0 aliphatic heterocycles. The second-order valence-corrected chi connectivity index (χ2v) is 5.45. The number of thiophene rings is 1. The number of amides is 1. The number of aliphatic hydroxyl groups is 1. The van der Waals surface area contributed by atoms with Crippen molar-refractivity contribution in [2.45, 2.75) is 39.7 Å². The SMILES string of the molecule is Cc1cc(C(C)NC(=O)CCCO)c(C)s1. The van der Waals surface area contributed by atoms with E-state index in [4.69, 9.17) is 5.11 Å². The van der Waals surface area contributed by atoms with E-state index < -0.39 is 0 Å². The standard InChI is InChI=1S/C12H19NO2S/c1-8-7-11(10(3)16-8)9(2)13-12(15)5-4-6-14/h7,9,14H,4-6H2,1-3H3,(H,13,15). The second-order valence-electron chi connectivity index (χ2n) is 3.98. The smallest absolute Gasteiger partial charge is 0.220 e. The van der Waals surface area contributed by atoms with Gasteiger partial charge < -0.3 is 10.4 Å². The van der Waals surface area contributed by atoms with Crippen LogP contribution in [0.2, 0.25) is 0 Å². The van der Waals surface area contributed by atoms with Gasteiger partial charge in [-0.1, -0.05) is 0 Å². The molecule has 1 amide bonds. The summed E-state index contributed by atoms with van der Waals surface area (Å²) < 4.78 is 0. The summed E-state index contributed by atoms with van der Waals surface area (Å²) in [5.41, 5.74) is 1.19. The minimum absolute atomic E-state index is 0.00445. The van der Waals surface area contributed by atoms with Gasteiger partial charge >= 0.3 is 0 Å². The zero-order chi connectivity index (χ0) is 12.1. The Morgan fingerprint density at radius 1 is 1.56 bits per heavy atom. The van der Waals surface area contributed by atoms with Crippen molar-refractivity contribution < 1.29 is 9.90 Å². The maximum absolute atomic E-state index is 11.5. The quantitative estimate of drug-likeness (QED) is 0.831. The average molecular weight is 241 g/mol. The molecule has 0 saturated carbocycles. The van der Waals surface area contributed by atoms with Crippen LogP contribution in [0.1, 0.15) is 41.1 Å². The number of nitrogens with one attached hydrogen (secondary N) is 1. The van der Waals surface area contributed by atoms with Crippen molar-refractivity contribution in [3.05, 3.63) is 21.4 Å². The lowest BCUT2D eigenvalue weighted by Crippen LogP contribution is -2.26. The number of aryl methyl sites for hydroxylation is 2. The van der Waals surface area contributed by atoms with E-state index in [9.17, 15) is 4.79 Å². The molecule has 16 heavy (non-hydrogen) atoms. The molecule has 1 aromatic rings. The van der Waals surface area contributed by atoms with E-state index in [2.05, 4.69) is 25.2 Å². The van der Waals surface area contributed by atoms with Crippen LogP contribution >= 0.6 is 11.3 Å². The molecule has 0 saturated heterocycles. The summed E-state index contributed by atoms with van der Waals surface area (Å²) in [7, 11) is 0. The molecular weight excluding hydrogens is 222 g/mol. The third-order valence-corrected chi connectivity index (χ3v) is 3.47. The van der Waals surface area contributed by atoms with Crippen LogP contribution in [0.4, 0.5) is 0 Å². The Morgan fingerprint density at radius 2 is 2.25 bits per heavy atom. The highest BCUT2D eigenvalue weighted by Gasteiger charge is 2.13. The Morgan fingerprint density at radius 3 is 2.75 bits per heavy atom. The molecule has 0 aliphatic rings. The predicted molar refractivity (Wildman–Crippen MR) is 66.7 cm³/mol. The first kappa shape index (κ1) is 13.2. The molecule has 1 aromatic heterocycles. The molecule has 4 heteroatoms. The van der Waals surface area contributed by atoms with Gasteiger partial charge in [-0.3, -0.25) is 4.79 Å². The van der Waals surface area contributed by atoms with E-state index in [0.717, 1.165) is 0 Å². The molecule has 1 heterocycles. The minimum Gasteiger partial charge on any atom is -0.396 e. The molecule has 1 atom stereocenters. The zero-order valence-electron chi connectivity index (χ0n) is 10.0. The van der Waals surface area contributed by atoms with Gasteiger partial charge in [-0.25, -0.2) is 0 Å². The molecule has 3 nitrogen and oxygen atoms in total. The van der Waals surface area contributed by atoms with Gasteiger partial charge in [0.15, 0.2) is 0 Å². The number of aliphatic hydroxyl groups excluding tert-OH is 1. The summed E-state index contributed by atoms with van der Waals surface area (Å²) in [6.07, 6.45) is 0.920. The molecule has 0 spiro atoms. The highest BCUT2D eigenvalue weighted by Crippen LogP contribution is 2.26. The van der Waals surface area contributed by atoms with Gasteiger partial charge in [0.25, 0.3) is 0 Å². The predicted octanol–water partition coefficient (Wildman–Crippen LogP) is 2.31. The molecule has 0 bridgehead atoms. The lowest BCUT2D eigenvalue weighted by atomic mass is 10.1. The minimum atomic E-state index is 0.00445. The molecular formula is C12H19NO2S. The van der Waals surface area contributed by atoms with Crippen LogP contribution in [-0.4, -0.2) is 17.6 Å². The van der Waals surface area contributed by atoms with Crippen molar-refractivity contribution in [3.63, 3.8) is 0 Å². The fraction of sp³-hybridized carbons (Fsp3) is 0.583. The van der Waals surface area contributed by atoms with Gasteiger partial charge in [-0.2, -0.15) is 0 Å². The molecule has 0 aliphatic carbocycles. The summed E-state index contributed by atoms with van der Waals surface area (Å²) in [4.78, 5) is 14.0. The molecule has 0 radical (unpaired) electrons. The van der Waals surface area contributed by atoms with E-state index in [1.807, 2.05) is 6.92 Å². The van der Waals surface area contributed by atoms with Crippen molar-refractivity contribution in [2.24, 2.45) is 0 Å². The first-order chi connectivity index (χ1) is 7.54. The van der Waals surface area contributed by atoms with Crippen molar-refractivity contribution in [3.8, 4) is 0 Å². The van der Waals surface area contributed by atoms with Crippen molar-refractivity contribution in [1.29, 1.82) is 0 Å². The van der Waals surface area contributed by atoms with Crippen LogP contribution in [-0.2, 0) is 4.79 Å². The Hall–Kier alpha value is -0.870. The maximum atomic E-state index is 11.5. The first-order valence-corrected chi connectivity index (χ1v) is 6.33. The number of rotatable bonds is 5. The molecule has 1 rings (SSSR count). The van der Waals surface area contributed by atoms with Crippen LogP contribution in [0.3, 0.4) is 0 Å². The Balaban J connectivity index is 2.55. The molecule has 0 fully saturated rings. The molecule has 90 valence electrons. The van der Waals surface area contributed by atoms with E-state index in [1.165, 1.54) is 15.3 Å². The number of carbonyl (C=O) groups excluding carboxylic acids is 1. The fourth-order valence-electron chi connectivity index (χ4n) is 1.71. The Labute approximate surface area is 100 Å². The molecule has 2 N–H and O–H groups in total. The Kier molecular flexibility index (Phi) is 4.96. The van der Waals surface area contributed by atoms with E-state index in [1.54, 1.807) is 11.3 Å². The van der Waals surface area contributed by atoms with E-state index in [-0.39, 0.29) is 18.6 Å². The highest BCUT2D eigenvalue weighted by atomic mass is 32.1. The molecule has 1 unspecified atom stereocenters. The summed E-state index contributed by atoms with van der Waals surface area (Å²) in [5, 5.41) is 11.6. The first-order valence-electron chi connectivity index (χ1n) is 5.51. The topological polar surface area (TPSA) is 49.3 Å². The Bertz CT molecular complexity index is 360. The van der Waals surface area contributed by atoms with Gasteiger partial charge in [-0.05, 0) is 38.8 Å². The third kappa shape index (κ3) is 3.61. The van der Waals surface area contributed by atoms with Crippen LogP contribution in [0.25, 0.3) is 0 Å². The van der Waals surface area contributed by atoms with E-state index >= 15 is 0 Å². The normalized spacial score (nSPS) is 12.5. The largest absolute Gasteiger partial charge is 0.396 e. The number of hydrogen-bond donors (Lipinski definition) is 2. The average Bonchev–Trinajstić information content (AvgIpc) is 2.54. The third-order valence-electron chi connectivity index (χ3n) is 2.49. The van der Waals surface area contributed by atoms with Crippen LogP contribution in [0.15, 0.2) is 6.07 Å². The maximum Gasteiger partial charge on any atom is 0.220 e. The number of hydrogen-bond acceptors (Lipinski definition) is 3. The zero-order valence-corrected chi connectivity index (χ0v) is 10.9. The molecule has 0 aromatic carbocycles. The second kappa shape index (κ2) is 6.01. The lowest BCUT2D eigenvalue weighted by Gasteiger charge is -2.13. The summed E-state index contributed by atoms with van der Waals surface area (Å²) in [5.74, 6) is 0.00445. The van der Waals surface area contributed by atoms with Crippen LogP contribution in [0.5, 0.6) is 0 Å². The van der Waals surface area contributed by atoms with E-state index in [0.29, 0.717) is 12.8 Å². The van der Waals surface area contributed by atoms with Crippen molar-refractivity contribution in [1.82, 2.24) is 5.32 Å². The van der Waals surface area contributed by atoms with Gasteiger partial charge in [0, 0.05) is 22.8 Å². The van der Waals surface area contributed by atoms with Gasteiger partial charge in [0.05, 0.1) is 6.04 Å². The van der Waals surface area contributed by atoms with Crippen LogP contribution in [0, 0.1) is 13.8 Å². The van der Waals surface area contributed by atoms with Crippen LogP contribution < -0.4 is 5.32 Å². The van der Waals surface area contributed by atoms with Gasteiger partial charge in [-0.15, -0.1) is 11.3 Å². The van der Waals surface area contributed by atoms with Crippen molar-refractivity contribution in [2.75, 3.05) is 6.61 Å². The van der Waals surface area contributed by atoms with Crippen molar-refractivity contribution >= 4 is 17.2 Å². The van der Waals surface area contributed by atoms with Gasteiger partial charge in [0.2, 0.25) is 5.91 Å². The fourth-order valence-corrected chi connectivity index (χ4v) is 2.73. The highest BCUT2D eigenvalue weighted by molar-refractivity contribution is 7.12.